The van der Waals surface area contributed by atoms with Crippen LogP contribution in [0.4, 0.5) is 0 Å². The Balaban J connectivity index is 0.000000251. The number of carbonyl (C=O) groups is 1. The predicted molar refractivity (Wildman–Crippen MR) is 102 cm³/mol. The lowest BCUT2D eigenvalue weighted by atomic mass is 9.84. The Morgan fingerprint density at radius 1 is 0.840 bits per heavy atom. The number of aliphatic carboxylic acids is 1. The minimum atomic E-state index is -0.798. The zero-order chi connectivity index (χ0) is 19.3. The molecule has 0 aliphatic rings. The highest BCUT2D eigenvalue weighted by atomic mass is 16.4. The van der Waals surface area contributed by atoms with Crippen molar-refractivity contribution in [3.8, 4) is 6.07 Å². The van der Waals surface area contributed by atoms with Gasteiger partial charge in [0.15, 0.2) is 0 Å². The lowest BCUT2D eigenvalue weighted by Gasteiger charge is -2.19. The Hall–Kier alpha value is -2.60. The van der Waals surface area contributed by atoms with Crippen molar-refractivity contribution in [1.82, 2.24) is 0 Å². The van der Waals surface area contributed by atoms with Crippen LogP contribution in [-0.4, -0.2) is 11.1 Å². The summed E-state index contributed by atoms with van der Waals surface area (Å²) in [5.74, 6) is -0.795. The van der Waals surface area contributed by atoms with Crippen LogP contribution in [0.15, 0.2) is 48.5 Å². The average molecular weight is 337 g/mol. The highest BCUT2D eigenvalue weighted by Crippen LogP contribution is 2.23. The largest absolute Gasteiger partial charge is 0.481 e. The summed E-state index contributed by atoms with van der Waals surface area (Å²) in [5.41, 5.74) is 3.13. The van der Waals surface area contributed by atoms with Gasteiger partial charge in [0, 0.05) is 0 Å². The number of aryl methyl sites for hydroxylation is 2. The Bertz CT molecular complexity index is 748. The van der Waals surface area contributed by atoms with Gasteiger partial charge in [-0.2, -0.15) is 5.26 Å². The molecule has 0 radical (unpaired) electrons. The van der Waals surface area contributed by atoms with Gasteiger partial charge in [-0.3, -0.25) is 4.79 Å². The number of carboxylic acids is 1. The standard InChI is InChI=1S/C11H13N.C11H14O2/c1-9-4-6-10(7-5-9)11(2,3)8-12;1-8-4-6-9(7-5-8)11(2,3)10(12)13/h4-7H,1-3H3;4-7H,1-3H3,(H,12,13). The second-order valence-corrected chi connectivity index (χ2v) is 7.40. The minimum absolute atomic E-state index is 0.367. The molecule has 0 spiro atoms. The first-order chi connectivity index (χ1) is 11.5. The van der Waals surface area contributed by atoms with E-state index in [1.165, 1.54) is 5.56 Å². The molecule has 1 N–H and O–H groups in total. The third-order valence-corrected chi connectivity index (χ3v) is 4.36. The van der Waals surface area contributed by atoms with Crippen LogP contribution < -0.4 is 0 Å². The lowest BCUT2D eigenvalue weighted by molar-refractivity contribution is -0.142. The van der Waals surface area contributed by atoms with Gasteiger partial charge in [-0.25, -0.2) is 0 Å². The van der Waals surface area contributed by atoms with E-state index in [9.17, 15) is 4.79 Å². The number of benzene rings is 2. The van der Waals surface area contributed by atoms with Crippen LogP contribution >= 0.6 is 0 Å². The molecule has 2 aromatic carbocycles. The zero-order valence-corrected chi connectivity index (χ0v) is 15.9. The maximum atomic E-state index is 10.9. The van der Waals surface area contributed by atoms with Gasteiger partial charge in [-0.1, -0.05) is 59.7 Å². The number of carboxylic acid groups (broad SMARTS) is 1. The van der Waals surface area contributed by atoms with Gasteiger partial charge in [-0.15, -0.1) is 0 Å². The maximum absolute atomic E-state index is 10.9. The van der Waals surface area contributed by atoms with Crippen LogP contribution in [0.1, 0.15) is 49.9 Å². The van der Waals surface area contributed by atoms with Gasteiger partial charge in [0.1, 0.15) is 0 Å². The summed E-state index contributed by atoms with van der Waals surface area (Å²) in [6, 6.07) is 18.0. The van der Waals surface area contributed by atoms with Crippen LogP contribution in [0.5, 0.6) is 0 Å². The Labute approximate surface area is 150 Å². The molecule has 0 atom stereocenters. The molecule has 0 unspecified atom stereocenters. The quantitative estimate of drug-likeness (QED) is 0.842. The van der Waals surface area contributed by atoms with E-state index in [4.69, 9.17) is 10.4 Å². The molecule has 3 nitrogen and oxygen atoms in total. The molecular weight excluding hydrogens is 310 g/mol. The third-order valence-electron chi connectivity index (χ3n) is 4.36. The second-order valence-electron chi connectivity index (χ2n) is 7.40. The fourth-order valence-corrected chi connectivity index (χ4v) is 2.13. The summed E-state index contributed by atoms with van der Waals surface area (Å²) in [6.07, 6.45) is 0. The Morgan fingerprint density at radius 2 is 1.20 bits per heavy atom. The molecule has 0 aromatic heterocycles. The summed E-state index contributed by atoms with van der Waals surface area (Å²) in [4.78, 5) is 10.9. The van der Waals surface area contributed by atoms with E-state index in [1.54, 1.807) is 13.8 Å². The normalized spacial score (nSPS) is 11.1. The number of rotatable bonds is 3. The fraction of sp³-hybridized carbons (Fsp3) is 0.364. The highest BCUT2D eigenvalue weighted by Gasteiger charge is 2.28. The van der Waals surface area contributed by atoms with E-state index in [0.717, 1.165) is 16.7 Å². The van der Waals surface area contributed by atoms with Gasteiger partial charge < -0.3 is 5.11 Å². The molecule has 2 rings (SSSR count). The monoisotopic (exact) mass is 337 g/mol. The van der Waals surface area contributed by atoms with Gasteiger partial charge in [0.05, 0.1) is 16.9 Å². The third kappa shape index (κ3) is 5.46. The molecule has 0 bridgehead atoms. The van der Waals surface area contributed by atoms with Crippen molar-refractivity contribution in [1.29, 1.82) is 5.26 Å². The molecule has 0 aliphatic heterocycles. The van der Waals surface area contributed by atoms with Crippen molar-refractivity contribution in [3.63, 3.8) is 0 Å². The second kappa shape index (κ2) is 7.98. The van der Waals surface area contributed by atoms with Crippen molar-refractivity contribution < 1.29 is 9.90 Å². The number of nitriles is 1. The van der Waals surface area contributed by atoms with Crippen LogP contribution in [0.3, 0.4) is 0 Å². The summed E-state index contributed by atoms with van der Waals surface area (Å²) < 4.78 is 0. The van der Waals surface area contributed by atoms with E-state index >= 15 is 0 Å². The molecule has 0 heterocycles. The van der Waals surface area contributed by atoms with E-state index in [0.29, 0.717) is 0 Å². The molecular formula is C22H27NO2. The molecule has 0 aliphatic carbocycles. The minimum Gasteiger partial charge on any atom is -0.481 e. The zero-order valence-electron chi connectivity index (χ0n) is 15.9. The Kier molecular flexibility index (Phi) is 6.53. The van der Waals surface area contributed by atoms with Crippen LogP contribution in [0.25, 0.3) is 0 Å². The molecule has 25 heavy (non-hydrogen) atoms. The molecule has 3 heteroatoms. The molecule has 0 amide bonds. The molecule has 132 valence electrons. The van der Waals surface area contributed by atoms with Gasteiger partial charge in [0.2, 0.25) is 0 Å². The van der Waals surface area contributed by atoms with Crippen molar-refractivity contribution >= 4 is 5.97 Å². The van der Waals surface area contributed by atoms with Crippen molar-refractivity contribution in [2.75, 3.05) is 0 Å². The number of nitrogens with zero attached hydrogens (tertiary/aromatic N) is 1. The first-order valence-electron chi connectivity index (χ1n) is 8.29. The van der Waals surface area contributed by atoms with Crippen molar-refractivity contribution in [3.05, 3.63) is 70.8 Å². The van der Waals surface area contributed by atoms with E-state index < -0.39 is 11.4 Å². The molecule has 0 saturated carbocycles. The van der Waals surface area contributed by atoms with Crippen LogP contribution in [-0.2, 0) is 15.6 Å². The Morgan fingerprint density at radius 3 is 1.52 bits per heavy atom. The first-order valence-corrected chi connectivity index (χ1v) is 8.29. The average Bonchev–Trinajstić information content (AvgIpc) is 2.56. The van der Waals surface area contributed by atoms with Gasteiger partial charge in [0.25, 0.3) is 0 Å². The van der Waals surface area contributed by atoms with Crippen LogP contribution in [0.2, 0.25) is 0 Å². The molecule has 0 fully saturated rings. The molecule has 0 saturated heterocycles. The summed E-state index contributed by atoms with van der Waals surface area (Å²) in [6.45, 7) is 11.3. The summed E-state index contributed by atoms with van der Waals surface area (Å²) >= 11 is 0. The van der Waals surface area contributed by atoms with E-state index in [1.807, 2.05) is 76.2 Å². The number of hydrogen-bond donors (Lipinski definition) is 1. The molecule has 2 aromatic rings. The van der Waals surface area contributed by atoms with Crippen molar-refractivity contribution in [2.45, 2.75) is 52.4 Å². The fourth-order valence-electron chi connectivity index (χ4n) is 2.13. The predicted octanol–water partition coefficient (Wildman–Crippen LogP) is 5.15. The number of hydrogen-bond acceptors (Lipinski definition) is 2. The smallest absolute Gasteiger partial charge is 0.313 e. The van der Waals surface area contributed by atoms with E-state index in [2.05, 4.69) is 6.07 Å². The van der Waals surface area contributed by atoms with Gasteiger partial charge >= 0.3 is 5.97 Å². The van der Waals surface area contributed by atoms with Gasteiger partial charge in [-0.05, 0) is 52.7 Å². The van der Waals surface area contributed by atoms with E-state index in [-0.39, 0.29) is 5.41 Å². The van der Waals surface area contributed by atoms with Crippen LogP contribution in [0, 0.1) is 25.2 Å². The highest BCUT2D eigenvalue weighted by molar-refractivity contribution is 5.80. The summed E-state index contributed by atoms with van der Waals surface area (Å²) in [5, 5.41) is 17.8. The maximum Gasteiger partial charge on any atom is 0.313 e. The summed E-state index contributed by atoms with van der Waals surface area (Å²) in [7, 11) is 0. The lowest BCUT2D eigenvalue weighted by Crippen LogP contribution is -2.28. The van der Waals surface area contributed by atoms with Crippen molar-refractivity contribution in [2.24, 2.45) is 0 Å². The SMILES string of the molecule is Cc1ccc(C(C)(C)C#N)cc1.Cc1ccc(C(C)(C)C(=O)O)cc1. The topological polar surface area (TPSA) is 61.1 Å². The first kappa shape index (κ1) is 20.4.